The molecule has 0 saturated carbocycles. The number of piperidine rings is 1. The fourth-order valence-electron chi connectivity index (χ4n) is 4.90. The van der Waals surface area contributed by atoms with E-state index in [0.717, 1.165) is 49.7 Å². The third-order valence-corrected chi connectivity index (χ3v) is 6.71. The van der Waals surface area contributed by atoms with E-state index >= 15 is 0 Å². The summed E-state index contributed by atoms with van der Waals surface area (Å²) in [6.07, 6.45) is 2.92. The normalized spacial score (nSPS) is 19.8. The van der Waals surface area contributed by atoms with Crippen molar-refractivity contribution in [3.05, 3.63) is 74.5 Å². The minimum atomic E-state index is -0.250. The molecule has 3 aromatic heterocycles. The molecule has 2 aliphatic rings. The molecule has 1 saturated heterocycles. The number of carbonyl (C=O) groups is 1. The predicted octanol–water partition coefficient (Wildman–Crippen LogP) is 2.85. The molecule has 0 aromatic carbocycles. The minimum absolute atomic E-state index is 0.182. The molecule has 0 aliphatic carbocycles. The minimum Gasteiger partial charge on any atom is -0.483 e. The molecule has 1 fully saturated rings. The molecule has 5 heterocycles. The van der Waals surface area contributed by atoms with Crippen LogP contribution in [-0.2, 0) is 31.0 Å². The van der Waals surface area contributed by atoms with Gasteiger partial charge < -0.3 is 14.1 Å². The first kappa shape index (κ1) is 22.4. The van der Waals surface area contributed by atoms with Crippen LogP contribution in [-0.4, -0.2) is 51.1 Å². The SMILES string of the molecule is CN(Cc1cscn1)Cc1ccc2n(c1=O)C[C@H]1C[C@@H]2CN(Cc2ccco2)C1.O=CO. The number of pyridine rings is 1. The number of aromatic nitrogens is 2. The highest BCUT2D eigenvalue weighted by Crippen LogP contribution is 2.35. The Kier molecular flexibility index (Phi) is 7.19. The van der Waals surface area contributed by atoms with Crippen LogP contribution in [0.3, 0.4) is 0 Å². The zero-order chi connectivity index (χ0) is 22.5. The van der Waals surface area contributed by atoms with Crippen LogP contribution in [0.5, 0.6) is 0 Å². The van der Waals surface area contributed by atoms with Crippen LogP contribution in [0.15, 0.2) is 50.6 Å². The van der Waals surface area contributed by atoms with Crippen molar-refractivity contribution in [2.45, 2.75) is 38.5 Å². The first-order valence-electron chi connectivity index (χ1n) is 10.7. The highest BCUT2D eigenvalue weighted by Gasteiger charge is 2.35. The number of nitrogens with zero attached hydrogens (tertiary/aromatic N) is 4. The van der Waals surface area contributed by atoms with Gasteiger partial charge in [0.2, 0.25) is 0 Å². The lowest BCUT2D eigenvalue weighted by Gasteiger charge is -2.42. The van der Waals surface area contributed by atoms with Gasteiger partial charge in [-0.1, -0.05) is 6.07 Å². The molecule has 0 unspecified atom stereocenters. The molecule has 2 atom stereocenters. The lowest BCUT2D eigenvalue weighted by Crippen LogP contribution is -2.47. The van der Waals surface area contributed by atoms with Gasteiger partial charge in [0.1, 0.15) is 5.76 Å². The number of hydrogen-bond donors (Lipinski definition) is 1. The number of carboxylic acid groups (broad SMARTS) is 1. The zero-order valence-corrected chi connectivity index (χ0v) is 18.9. The summed E-state index contributed by atoms with van der Waals surface area (Å²) in [5, 5.41) is 8.95. The van der Waals surface area contributed by atoms with Crippen molar-refractivity contribution in [2.75, 3.05) is 20.1 Å². The molecule has 2 bridgehead atoms. The van der Waals surface area contributed by atoms with Gasteiger partial charge in [-0.2, -0.15) is 0 Å². The van der Waals surface area contributed by atoms with Crippen molar-refractivity contribution in [1.82, 2.24) is 19.4 Å². The van der Waals surface area contributed by atoms with Crippen LogP contribution >= 0.6 is 11.3 Å². The maximum Gasteiger partial charge on any atom is 0.290 e. The van der Waals surface area contributed by atoms with Gasteiger partial charge in [-0.3, -0.25) is 19.4 Å². The van der Waals surface area contributed by atoms with Crippen LogP contribution in [0.4, 0.5) is 0 Å². The lowest BCUT2D eigenvalue weighted by molar-refractivity contribution is -0.122. The maximum absolute atomic E-state index is 13.2. The predicted molar refractivity (Wildman–Crippen MR) is 122 cm³/mol. The molecule has 9 heteroatoms. The molecule has 2 aliphatic heterocycles. The summed E-state index contributed by atoms with van der Waals surface area (Å²) in [6, 6.07) is 8.21. The molecule has 32 heavy (non-hydrogen) atoms. The van der Waals surface area contributed by atoms with Crippen LogP contribution in [0, 0.1) is 5.92 Å². The lowest BCUT2D eigenvalue weighted by atomic mass is 9.83. The molecule has 0 amide bonds. The summed E-state index contributed by atoms with van der Waals surface area (Å²) in [5.41, 5.74) is 5.16. The van der Waals surface area contributed by atoms with Crippen LogP contribution in [0.1, 0.15) is 35.1 Å². The molecule has 170 valence electrons. The standard InChI is InChI=1S/C22H26N4O2S.CH2O2/c1-24(12-19-14-29-15-23-19)10-17-4-5-21-18-7-16(9-26(21)22(17)27)8-25(11-18)13-20-3-2-6-28-20;2-1-3/h2-6,14-16,18H,7-13H2,1H3;1H,(H,2,3)/t16-,18+;/m0./s1. The second-order valence-corrected chi connectivity index (χ2v) is 9.25. The summed E-state index contributed by atoms with van der Waals surface area (Å²) >= 11 is 1.61. The first-order valence-corrected chi connectivity index (χ1v) is 11.6. The largest absolute Gasteiger partial charge is 0.483 e. The van der Waals surface area contributed by atoms with E-state index in [0.29, 0.717) is 18.4 Å². The highest BCUT2D eigenvalue weighted by atomic mass is 32.1. The van der Waals surface area contributed by atoms with E-state index in [1.165, 1.54) is 12.1 Å². The van der Waals surface area contributed by atoms with E-state index in [1.807, 2.05) is 30.8 Å². The first-order chi connectivity index (χ1) is 15.6. The van der Waals surface area contributed by atoms with Gasteiger partial charge in [0.15, 0.2) is 0 Å². The van der Waals surface area contributed by atoms with Gasteiger partial charge in [0, 0.05) is 55.3 Å². The number of likely N-dealkylation sites (tertiary alicyclic amines) is 1. The van der Waals surface area contributed by atoms with Gasteiger partial charge in [-0.25, -0.2) is 4.98 Å². The van der Waals surface area contributed by atoms with Gasteiger partial charge >= 0.3 is 0 Å². The monoisotopic (exact) mass is 456 g/mol. The molecular weight excluding hydrogens is 428 g/mol. The Morgan fingerprint density at radius 2 is 2.12 bits per heavy atom. The van der Waals surface area contributed by atoms with Gasteiger partial charge in [-0.05, 0) is 37.6 Å². The summed E-state index contributed by atoms with van der Waals surface area (Å²) < 4.78 is 7.58. The van der Waals surface area contributed by atoms with Crippen molar-refractivity contribution in [3.63, 3.8) is 0 Å². The smallest absolute Gasteiger partial charge is 0.290 e. The third kappa shape index (κ3) is 5.17. The second kappa shape index (κ2) is 10.2. The number of rotatable bonds is 6. The van der Waals surface area contributed by atoms with Gasteiger partial charge in [0.05, 0.1) is 24.0 Å². The Labute approximate surface area is 190 Å². The average molecular weight is 457 g/mol. The highest BCUT2D eigenvalue weighted by molar-refractivity contribution is 7.07. The van der Waals surface area contributed by atoms with E-state index < -0.39 is 0 Å². The number of furan rings is 1. The molecule has 0 spiro atoms. The van der Waals surface area contributed by atoms with Gasteiger partial charge in [-0.15, -0.1) is 11.3 Å². The van der Waals surface area contributed by atoms with Crippen molar-refractivity contribution < 1.29 is 14.3 Å². The van der Waals surface area contributed by atoms with E-state index in [-0.39, 0.29) is 12.0 Å². The summed E-state index contributed by atoms with van der Waals surface area (Å²) in [7, 11) is 2.05. The molecule has 8 nitrogen and oxygen atoms in total. The van der Waals surface area contributed by atoms with Crippen LogP contribution in [0.25, 0.3) is 0 Å². The Morgan fingerprint density at radius 3 is 2.84 bits per heavy atom. The fourth-order valence-corrected chi connectivity index (χ4v) is 5.45. The number of hydrogen-bond acceptors (Lipinski definition) is 7. The van der Waals surface area contributed by atoms with Crippen molar-refractivity contribution in [2.24, 2.45) is 5.92 Å². The van der Waals surface area contributed by atoms with Crippen LogP contribution in [0.2, 0.25) is 0 Å². The van der Waals surface area contributed by atoms with Crippen molar-refractivity contribution in [3.8, 4) is 0 Å². The van der Waals surface area contributed by atoms with E-state index in [2.05, 4.69) is 30.8 Å². The molecule has 5 rings (SSSR count). The maximum atomic E-state index is 13.2. The summed E-state index contributed by atoms with van der Waals surface area (Å²) in [4.78, 5) is 30.6. The van der Waals surface area contributed by atoms with Crippen LogP contribution < -0.4 is 5.56 Å². The Balaban J connectivity index is 0.000000775. The molecular formula is C23H28N4O4S. The van der Waals surface area contributed by atoms with Crippen molar-refractivity contribution >= 4 is 17.8 Å². The molecule has 0 radical (unpaired) electrons. The molecule has 3 aromatic rings. The summed E-state index contributed by atoms with van der Waals surface area (Å²) in [5.74, 6) is 1.96. The average Bonchev–Trinajstić information content (AvgIpc) is 3.45. The molecule has 1 N–H and O–H groups in total. The summed E-state index contributed by atoms with van der Waals surface area (Å²) in [6.45, 7) is 4.84. The van der Waals surface area contributed by atoms with E-state index in [1.54, 1.807) is 17.6 Å². The van der Waals surface area contributed by atoms with E-state index in [4.69, 9.17) is 14.3 Å². The Hall–Kier alpha value is -2.75. The Bertz CT molecular complexity index is 1060. The quantitative estimate of drug-likeness (QED) is 0.570. The number of fused-ring (bicyclic) bond motifs is 4. The van der Waals surface area contributed by atoms with Crippen molar-refractivity contribution in [1.29, 1.82) is 0 Å². The van der Waals surface area contributed by atoms with Gasteiger partial charge in [0.25, 0.3) is 12.0 Å². The number of thiazole rings is 1. The third-order valence-electron chi connectivity index (χ3n) is 6.07. The zero-order valence-electron chi connectivity index (χ0n) is 18.1. The van der Waals surface area contributed by atoms with E-state index in [9.17, 15) is 4.79 Å². The fraction of sp³-hybridized carbons (Fsp3) is 0.435. The second-order valence-electron chi connectivity index (χ2n) is 8.53. The Morgan fingerprint density at radius 1 is 1.28 bits per heavy atom. The topological polar surface area (TPSA) is 91.8 Å².